The fourth-order valence-corrected chi connectivity index (χ4v) is 1.14. The third-order valence-corrected chi connectivity index (χ3v) is 1.53. The molecule has 0 aliphatic carbocycles. The summed E-state index contributed by atoms with van der Waals surface area (Å²) >= 11 is 0. The second-order valence-electron chi connectivity index (χ2n) is 3.23. The molecule has 1 heteroatoms. The van der Waals surface area contributed by atoms with Gasteiger partial charge in [0.2, 0.25) is 0 Å². The zero-order chi connectivity index (χ0) is 8.27. The Morgan fingerprint density at radius 3 is 2.64 bits per heavy atom. The van der Waals surface area contributed by atoms with Crippen LogP contribution in [0.15, 0.2) is 24.3 Å². The van der Waals surface area contributed by atoms with E-state index in [2.05, 4.69) is 13.8 Å². The van der Waals surface area contributed by atoms with Crippen molar-refractivity contribution < 1.29 is 4.39 Å². The van der Waals surface area contributed by atoms with Crippen LogP contribution in [0.25, 0.3) is 0 Å². The number of halogens is 1. The van der Waals surface area contributed by atoms with Gasteiger partial charge in [0.05, 0.1) is 0 Å². The molecule has 0 fully saturated rings. The van der Waals surface area contributed by atoms with E-state index in [1.165, 1.54) is 6.07 Å². The van der Waals surface area contributed by atoms with Gasteiger partial charge in [-0.3, -0.25) is 0 Å². The molecule has 0 heterocycles. The first-order valence-electron chi connectivity index (χ1n) is 3.93. The highest BCUT2D eigenvalue weighted by Crippen LogP contribution is 2.08. The monoisotopic (exact) mass is 152 g/mol. The molecule has 0 amide bonds. The van der Waals surface area contributed by atoms with Crippen LogP contribution in [0, 0.1) is 11.7 Å². The molecule has 0 bridgehead atoms. The van der Waals surface area contributed by atoms with E-state index in [9.17, 15) is 4.39 Å². The number of benzene rings is 1. The molecule has 0 aliphatic rings. The van der Waals surface area contributed by atoms with Crippen LogP contribution in [-0.4, -0.2) is 0 Å². The molecular weight excluding hydrogens is 139 g/mol. The molecule has 0 aromatic heterocycles. The highest BCUT2D eigenvalue weighted by molar-refractivity contribution is 5.16. The smallest absolute Gasteiger partial charge is 0.123 e. The van der Waals surface area contributed by atoms with Crippen LogP contribution in [-0.2, 0) is 6.42 Å². The normalized spacial score (nSPS) is 10.5. The predicted octanol–water partition coefficient (Wildman–Crippen LogP) is 3.02. The molecule has 1 aromatic carbocycles. The Morgan fingerprint density at radius 1 is 1.36 bits per heavy atom. The van der Waals surface area contributed by atoms with Gasteiger partial charge in [-0.2, -0.15) is 0 Å². The number of hydrogen-bond acceptors (Lipinski definition) is 0. The van der Waals surface area contributed by atoms with Crippen molar-refractivity contribution in [3.8, 4) is 0 Å². The molecule has 0 spiro atoms. The van der Waals surface area contributed by atoms with E-state index >= 15 is 0 Å². The van der Waals surface area contributed by atoms with E-state index in [1.807, 2.05) is 6.07 Å². The second-order valence-corrected chi connectivity index (χ2v) is 3.23. The van der Waals surface area contributed by atoms with Crippen LogP contribution in [0.1, 0.15) is 19.4 Å². The quantitative estimate of drug-likeness (QED) is 0.611. The van der Waals surface area contributed by atoms with E-state index in [0.717, 1.165) is 12.0 Å². The summed E-state index contributed by atoms with van der Waals surface area (Å²) in [6, 6.07) is 6.79. The first kappa shape index (κ1) is 8.25. The summed E-state index contributed by atoms with van der Waals surface area (Å²) in [6.45, 7) is 4.26. The van der Waals surface area contributed by atoms with Crippen LogP contribution in [0.4, 0.5) is 4.39 Å². The Balaban J connectivity index is 2.71. The standard InChI is InChI=1S/C10H13F/c1-8(2)6-9-4-3-5-10(11)7-9/h3-5,7-8H,6H2,1-2H3. The molecule has 0 radical (unpaired) electrons. The summed E-state index contributed by atoms with van der Waals surface area (Å²) in [5.41, 5.74) is 1.08. The average molecular weight is 152 g/mol. The molecule has 0 saturated heterocycles. The average Bonchev–Trinajstić information content (AvgIpc) is 1.85. The fraction of sp³-hybridized carbons (Fsp3) is 0.400. The molecule has 11 heavy (non-hydrogen) atoms. The molecule has 0 saturated carbocycles. The maximum atomic E-state index is 12.6. The molecule has 0 nitrogen and oxygen atoms in total. The molecule has 60 valence electrons. The minimum Gasteiger partial charge on any atom is -0.207 e. The van der Waals surface area contributed by atoms with Gasteiger partial charge in [0.25, 0.3) is 0 Å². The largest absolute Gasteiger partial charge is 0.207 e. The third kappa shape index (κ3) is 2.71. The van der Waals surface area contributed by atoms with Gasteiger partial charge in [0.1, 0.15) is 5.82 Å². The lowest BCUT2D eigenvalue weighted by atomic mass is 10.0. The molecular formula is C10H13F. The lowest BCUT2D eigenvalue weighted by molar-refractivity contribution is 0.613. The molecule has 0 aliphatic heterocycles. The Hall–Kier alpha value is -0.850. The summed E-state index contributed by atoms with van der Waals surface area (Å²) in [5.74, 6) is 0.458. The van der Waals surface area contributed by atoms with Gasteiger partial charge in [0.15, 0.2) is 0 Å². The van der Waals surface area contributed by atoms with Crippen molar-refractivity contribution >= 4 is 0 Å². The highest BCUT2D eigenvalue weighted by Gasteiger charge is 1.97. The lowest BCUT2D eigenvalue weighted by Gasteiger charge is -2.03. The van der Waals surface area contributed by atoms with Crippen LogP contribution in [0.5, 0.6) is 0 Å². The molecule has 1 rings (SSSR count). The second kappa shape index (κ2) is 3.51. The van der Waals surface area contributed by atoms with Crippen molar-refractivity contribution in [1.82, 2.24) is 0 Å². The van der Waals surface area contributed by atoms with Gasteiger partial charge >= 0.3 is 0 Å². The minimum absolute atomic E-state index is 0.136. The van der Waals surface area contributed by atoms with Crippen LogP contribution in [0.2, 0.25) is 0 Å². The van der Waals surface area contributed by atoms with Gasteiger partial charge in [-0.25, -0.2) is 4.39 Å². The molecule has 0 N–H and O–H groups in total. The first-order chi connectivity index (χ1) is 5.18. The summed E-state index contributed by atoms with van der Waals surface area (Å²) in [4.78, 5) is 0. The number of hydrogen-bond donors (Lipinski definition) is 0. The van der Waals surface area contributed by atoms with Crippen molar-refractivity contribution in [2.45, 2.75) is 20.3 Å². The van der Waals surface area contributed by atoms with Crippen molar-refractivity contribution in [2.75, 3.05) is 0 Å². The first-order valence-corrected chi connectivity index (χ1v) is 3.93. The van der Waals surface area contributed by atoms with Gasteiger partial charge < -0.3 is 0 Å². The zero-order valence-corrected chi connectivity index (χ0v) is 6.97. The minimum atomic E-state index is -0.136. The summed E-state index contributed by atoms with van der Waals surface area (Å²) in [7, 11) is 0. The Kier molecular flexibility index (Phi) is 2.64. The number of rotatable bonds is 2. The van der Waals surface area contributed by atoms with E-state index in [0.29, 0.717) is 5.92 Å². The summed E-state index contributed by atoms with van der Waals surface area (Å²) in [6.07, 6.45) is 0.956. The Morgan fingerprint density at radius 2 is 2.09 bits per heavy atom. The van der Waals surface area contributed by atoms with Crippen molar-refractivity contribution in [3.63, 3.8) is 0 Å². The van der Waals surface area contributed by atoms with Gasteiger partial charge in [-0.1, -0.05) is 26.0 Å². The Bertz CT molecular complexity index is 228. The topological polar surface area (TPSA) is 0 Å². The zero-order valence-electron chi connectivity index (χ0n) is 6.97. The van der Waals surface area contributed by atoms with Crippen molar-refractivity contribution in [2.24, 2.45) is 5.92 Å². The van der Waals surface area contributed by atoms with E-state index in [1.54, 1.807) is 12.1 Å². The van der Waals surface area contributed by atoms with E-state index in [-0.39, 0.29) is 5.82 Å². The molecule has 0 atom stereocenters. The molecule has 1 aromatic rings. The van der Waals surface area contributed by atoms with Crippen molar-refractivity contribution in [1.29, 1.82) is 0 Å². The SMILES string of the molecule is CC(C)Cc1cccc(F)c1. The maximum Gasteiger partial charge on any atom is 0.123 e. The van der Waals surface area contributed by atoms with Crippen molar-refractivity contribution in [3.05, 3.63) is 35.6 Å². The van der Waals surface area contributed by atoms with E-state index < -0.39 is 0 Å². The van der Waals surface area contributed by atoms with Gasteiger partial charge in [-0.15, -0.1) is 0 Å². The Labute approximate surface area is 67.1 Å². The highest BCUT2D eigenvalue weighted by atomic mass is 19.1. The van der Waals surface area contributed by atoms with E-state index in [4.69, 9.17) is 0 Å². The van der Waals surface area contributed by atoms with Crippen LogP contribution >= 0.6 is 0 Å². The fourth-order valence-electron chi connectivity index (χ4n) is 1.14. The van der Waals surface area contributed by atoms with Gasteiger partial charge in [-0.05, 0) is 30.0 Å². The molecule has 0 unspecified atom stereocenters. The van der Waals surface area contributed by atoms with Crippen LogP contribution in [0.3, 0.4) is 0 Å². The summed E-state index contributed by atoms with van der Waals surface area (Å²) in [5, 5.41) is 0. The van der Waals surface area contributed by atoms with Crippen LogP contribution < -0.4 is 0 Å². The summed E-state index contributed by atoms with van der Waals surface area (Å²) < 4.78 is 12.6. The maximum absolute atomic E-state index is 12.6. The van der Waals surface area contributed by atoms with Gasteiger partial charge in [0, 0.05) is 0 Å². The lowest BCUT2D eigenvalue weighted by Crippen LogP contribution is -1.93. The predicted molar refractivity (Wildman–Crippen MR) is 44.9 cm³/mol. The third-order valence-electron chi connectivity index (χ3n) is 1.53.